The van der Waals surface area contributed by atoms with Gasteiger partial charge in [-0.1, -0.05) is 30.3 Å². The minimum atomic E-state index is 0.376. The summed E-state index contributed by atoms with van der Waals surface area (Å²) >= 11 is 0. The normalized spacial score (nSPS) is 28.1. The number of nitrogens with one attached hydrogen (secondary N) is 1. The summed E-state index contributed by atoms with van der Waals surface area (Å²) in [4.78, 5) is 0. The van der Waals surface area contributed by atoms with Crippen molar-refractivity contribution >= 4 is 0 Å². The van der Waals surface area contributed by atoms with Crippen molar-refractivity contribution in [1.29, 1.82) is 0 Å². The third-order valence-corrected chi connectivity index (χ3v) is 2.67. The minimum Gasteiger partial charge on any atom is -0.311 e. The SMILES string of the molecule is CC1(Cc2ccccc2)CCN1. The standard InChI is InChI=1S/C11H15N/c1-11(7-8-12-11)9-10-5-3-2-4-6-10/h2-6,12H,7-9H2,1H3. The zero-order valence-electron chi connectivity index (χ0n) is 7.51. The summed E-state index contributed by atoms with van der Waals surface area (Å²) in [6.45, 7) is 3.48. The number of hydrogen-bond acceptors (Lipinski definition) is 1. The van der Waals surface area contributed by atoms with Crippen molar-refractivity contribution in [3.05, 3.63) is 35.9 Å². The Morgan fingerprint density at radius 3 is 2.50 bits per heavy atom. The molecule has 2 rings (SSSR count). The van der Waals surface area contributed by atoms with E-state index >= 15 is 0 Å². The summed E-state index contributed by atoms with van der Waals surface area (Å²) in [6.07, 6.45) is 2.47. The molecule has 0 aliphatic carbocycles. The summed E-state index contributed by atoms with van der Waals surface area (Å²) in [6, 6.07) is 10.7. The molecule has 64 valence electrons. The van der Waals surface area contributed by atoms with Gasteiger partial charge >= 0.3 is 0 Å². The highest BCUT2D eigenvalue weighted by molar-refractivity contribution is 5.18. The van der Waals surface area contributed by atoms with Crippen molar-refractivity contribution in [2.45, 2.75) is 25.3 Å². The van der Waals surface area contributed by atoms with Crippen molar-refractivity contribution in [3.63, 3.8) is 0 Å². The molecular formula is C11H15N. The molecule has 12 heavy (non-hydrogen) atoms. The first-order valence-electron chi connectivity index (χ1n) is 4.57. The first-order chi connectivity index (χ1) is 5.79. The van der Waals surface area contributed by atoms with Crippen LogP contribution in [0, 0.1) is 0 Å². The molecule has 0 aromatic heterocycles. The van der Waals surface area contributed by atoms with Gasteiger partial charge < -0.3 is 5.32 Å². The Hall–Kier alpha value is -0.820. The van der Waals surface area contributed by atoms with Crippen LogP contribution >= 0.6 is 0 Å². The van der Waals surface area contributed by atoms with E-state index in [0.717, 1.165) is 6.42 Å². The molecule has 1 aromatic rings. The van der Waals surface area contributed by atoms with Gasteiger partial charge in [0.25, 0.3) is 0 Å². The van der Waals surface area contributed by atoms with Gasteiger partial charge in [-0.05, 0) is 31.9 Å². The molecular weight excluding hydrogens is 146 g/mol. The Morgan fingerprint density at radius 2 is 2.00 bits per heavy atom. The fraction of sp³-hybridized carbons (Fsp3) is 0.455. The van der Waals surface area contributed by atoms with E-state index in [2.05, 4.69) is 42.6 Å². The van der Waals surface area contributed by atoms with Gasteiger partial charge in [-0.2, -0.15) is 0 Å². The lowest BCUT2D eigenvalue weighted by molar-refractivity contribution is 0.231. The molecule has 1 nitrogen and oxygen atoms in total. The lowest BCUT2D eigenvalue weighted by Crippen LogP contribution is -2.55. The Bertz CT molecular complexity index is 249. The quantitative estimate of drug-likeness (QED) is 0.699. The van der Waals surface area contributed by atoms with Gasteiger partial charge in [0.05, 0.1) is 0 Å². The maximum Gasteiger partial charge on any atom is 0.0205 e. The molecule has 0 bridgehead atoms. The summed E-state index contributed by atoms with van der Waals surface area (Å²) in [5.41, 5.74) is 1.81. The number of hydrogen-bond donors (Lipinski definition) is 1. The van der Waals surface area contributed by atoms with Gasteiger partial charge in [0.1, 0.15) is 0 Å². The van der Waals surface area contributed by atoms with E-state index in [4.69, 9.17) is 0 Å². The van der Waals surface area contributed by atoms with E-state index in [-0.39, 0.29) is 0 Å². The first-order valence-corrected chi connectivity index (χ1v) is 4.57. The average molecular weight is 161 g/mol. The molecule has 1 heterocycles. The fourth-order valence-electron chi connectivity index (χ4n) is 1.75. The van der Waals surface area contributed by atoms with Crippen molar-refractivity contribution in [1.82, 2.24) is 5.32 Å². The molecule has 1 aliphatic rings. The van der Waals surface area contributed by atoms with Crippen LogP contribution in [0.3, 0.4) is 0 Å². The van der Waals surface area contributed by atoms with Crippen LogP contribution in [0.25, 0.3) is 0 Å². The smallest absolute Gasteiger partial charge is 0.0205 e. The first kappa shape index (κ1) is 7.81. The van der Waals surface area contributed by atoms with Crippen LogP contribution in [0.15, 0.2) is 30.3 Å². The zero-order chi connectivity index (χ0) is 8.44. The fourth-order valence-corrected chi connectivity index (χ4v) is 1.75. The van der Waals surface area contributed by atoms with Gasteiger partial charge in [0, 0.05) is 5.54 Å². The van der Waals surface area contributed by atoms with Gasteiger partial charge in [0.15, 0.2) is 0 Å². The predicted octanol–water partition coefficient (Wildman–Crippen LogP) is 1.98. The molecule has 0 radical (unpaired) electrons. The largest absolute Gasteiger partial charge is 0.311 e. The second-order valence-electron chi connectivity index (χ2n) is 3.90. The molecule has 0 spiro atoms. The van der Waals surface area contributed by atoms with Gasteiger partial charge in [-0.15, -0.1) is 0 Å². The van der Waals surface area contributed by atoms with Crippen LogP contribution in [0.5, 0.6) is 0 Å². The zero-order valence-corrected chi connectivity index (χ0v) is 7.51. The van der Waals surface area contributed by atoms with Crippen molar-refractivity contribution in [2.75, 3.05) is 6.54 Å². The monoisotopic (exact) mass is 161 g/mol. The van der Waals surface area contributed by atoms with Gasteiger partial charge in [0.2, 0.25) is 0 Å². The van der Waals surface area contributed by atoms with E-state index in [1.165, 1.54) is 18.5 Å². The molecule has 1 heteroatoms. The summed E-state index contributed by atoms with van der Waals surface area (Å²) in [7, 11) is 0. The van der Waals surface area contributed by atoms with E-state index in [0.29, 0.717) is 5.54 Å². The highest BCUT2D eigenvalue weighted by Crippen LogP contribution is 2.22. The molecule has 0 saturated carbocycles. The Balaban J connectivity index is 2.04. The van der Waals surface area contributed by atoms with Gasteiger partial charge in [-0.3, -0.25) is 0 Å². The average Bonchev–Trinajstić information content (AvgIpc) is 2.04. The third kappa shape index (κ3) is 1.51. The topological polar surface area (TPSA) is 12.0 Å². The van der Waals surface area contributed by atoms with Crippen molar-refractivity contribution < 1.29 is 0 Å². The van der Waals surface area contributed by atoms with Crippen LogP contribution in [0.4, 0.5) is 0 Å². The van der Waals surface area contributed by atoms with E-state index < -0.39 is 0 Å². The highest BCUT2D eigenvalue weighted by atomic mass is 15.0. The molecule has 1 fully saturated rings. The summed E-state index contributed by atoms with van der Waals surface area (Å²) in [5.74, 6) is 0. The van der Waals surface area contributed by atoms with E-state index in [1.54, 1.807) is 0 Å². The predicted molar refractivity (Wildman–Crippen MR) is 51.2 cm³/mol. The van der Waals surface area contributed by atoms with Crippen molar-refractivity contribution in [2.24, 2.45) is 0 Å². The lowest BCUT2D eigenvalue weighted by atomic mass is 9.84. The maximum atomic E-state index is 3.47. The Morgan fingerprint density at radius 1 is 1.33 bits per heavy atom. The molecule has 1 saturated heterocycles. The van der Waals surface area contributed by atoms with Gasteiger partial charge in [-0.25, -0.2) is 0 Å². The number of rotatable bonds is 2. The molecule has 1 aliphatic heterocycles. The second-order valence-corrected chi connectivity index (χ2v) is 3.90. The Labute approximate surface area is 73.8 Å². The second kappa shape index (κ2) is 2.91. The maximum absolute atomic E-state index is 3.47. The van der Waals surface area contributed by atoms with E-state index in [1.807, 2.05) is 0 Å². The molecule has 1 unspecified atom stereocenters. The summed E-state index contributed by atoms with van der Waals surface area (Å²) < 4.78 is 0. The van der Waals surface area contributed by atoms with Crippen LogP contribution < -0.4 is 5.32 Å². The minimum absolute atomic E-state index is 0.376. The van der Waals surface area contributed by atoms with Crippen LogP contribution in [0.2, 0.25) is 0 Å². The molecule has 1 N–H and O–H groups in total. The molecule has 0 amide bonds. The summed E-state index contributed by atoms with van der Waals surface area (Å²) in [5, 5.41) is 3.47. The number of benzene rings is 1. The third-order valence-electron chi connectivity index (χ3n) is 2.67. The van der Waals surface area contributed by atoms with Crippen LogP contribution in [0.1, 0.15) is 18.9 Å². The van der Waals surface area contributed by atoms with Crippen LogP contribution in [-0.2, 0) is 6.42 Å². The van der Waals surface area contributed by atoms with Crippen molar-refractivity contribution in [3.8, 4) is 0 Å². The van der Waals surface area contributed by atoms with E-state index in [9.17, 15) is 0 Å². The Kier molecular flexibility index (Phi) is 1.89. The lowest BCUT2D eigenvalue weighted by Gasteiger charge is -2.40. The highest BCUT2D eigenvalue weighted by Gasteiger charge is 2.30. The molecule has 1 aromatic carbocycles. The van der Waals surface area contributed by atoms with Crippen LogP contribution in [-0.4, -0.2) is 12.1 Å². The molecule has 1 atom stereocenters.